The highest BCUT2D eigenvalue weighted by molar-refractivity contribution is 5.79. The number of guanidine groups is 1. The monoisotopic (exact) mass is 323 g/mol. The molecule has 4 nitrogen and oxygen atoms in total. The van der Waals surface area contributed by atoms with Gasteiger partial charge in [0.2, 0.25) is 0 Å². The topological polar surface area (TPSA) is 45.7 Å². The van der Waals surface area contributed by atoms with E-state index in [4.69, 9.17) is 4.74 Å². The van der Waals surface area contributed by atoms with Gasteiger partial charge in [-0.25, -0.2) is 0 Å². The van der Waals surface area contributed by atoms with Gasteiger partial charge < -0.3 is 15.4 Å². The molecule has 0 spiro atoms. The van der Waals surface area contributed by atoms with Crippen LogP contribution in [-0.2, 0) is 6.54 Å². The molecular weight excluding hydrogens is 298 g/mol. The van der Waals surface area contributed by atoms with Gasteiger partial charge in [0, 0.05) is 20.1 Å². The number of rotatable bonds is 6. The molecule has 0 amide bonds. The minimum Gasteiger partial charge on any atom is -0.497 e. The molecule has 2 aromatic rings. The first kappa shape index (κ1) is 16.4. The van der Waals surface area contributed by atoms with Gasteiger partial charge in [-0.1, -0.05) is 42.5 Å². The fourth-order valence-corrected chi connectivity index (χ4v) is 3.00. The Labute approximate surface area is 144 Å². The third-order valence-corrected chi connectivity index (χ3v) is 4.50. The van der Waals surface area contributed by atoms with Crippen LogP contribution in [0.4, 0.5) is 0 Å². The van der Waals surface area contributed by atoms with Crippen molar-refractivity contribution in [3.05, 3.63) is 65.7 Å². The maximum atomic E-state index is 5.26. The smallest absolute Gasteiger partial charge is 0.191 e. The molecule has 2 atom stereocenters. The van der Waals surface area contributed by atoms with Gasteiger partial charge in [-0.15, -0.1) is 0 Å². The molecule has 0 aliphatic heterocycles. The number of nitrogens with one attached hydrogen (secondary N) is 2. The highest BCUT2D eigenvalue weighted by Gasteiger charge is 2.37. The van der Waals surface area contributed by atoms with Crippen LogP contribution in [0.15, 0.2) is 59.6 Å². The summed E-state index contributed by atoms with van der Waals surface area (Å²) in [5.41, 5.74) is 2.62. The highest BCUT2D eigenvalue weighted by Crippen LogP contribution is 2.46. The summed E-state index contributed by atoms with van der Waals surface area (Å²) >= 11 is 0. The molecule has 1 aliphatic rings. The first-order valence-electron chi connectivity index (χ1n) is 8.42. The average Bonchev–Trinajstić information content (AvgIpc) is 3.42. The lowest BCUT2D eigenvalue weighted by atomic mass is 10.1. The zero-order valence-corrected chi connectivity index (χ0v) is 14.3. The molecule has 2 aromatic carbocycles. The van der Waals surface area contributed by atoms with Crippen molar-refractivity contribution >= 4 is 5.96 Å². The van der Waals surface area contributed by atoms with Crippen LogP contribution >= 0.6 is 0 Å². The van der Waals surface area contributed by atoms with Crippen molar-refractivity contribution in [2.75, 3.05) is 20.7 Å². The van der Waals surface area contributed by atoms with Gasteiger partial charge in [-0.3, -0.25) is 4.99 Å². The van der Waals surface area contributed by atoms with E-state index in [1.807, 2.05) is 25.2 Å². The van der Waals surface area contributed by atoms with Crippen molar-refractivity contribution in [3.63, 3.8) is 0 Å². The predicted molar refractivity (Wildman–Crippen MR) is 98.5 cm³/mol. The second-order valence-corrected chi connectivity index (χ2v) is 6.17. The van der Waals surface area contributed by atoms with Gasteiger partial charge in [0.15, 0.2) is 5.96 Å². The molecule has 3 rings (SSSR count). The van der Waals surface area contributed by atoms with Gasteiger partial charge in [-0.05, 0) is 41.5 Å². The van der Waals surface area contributed by atoms with Crippen LogP contribution < -0.4 is 15.4 Å². The van der Waals surface area contributed by atoms with Gasteiger partial charge in [0.05, 0.1) is 7.11 Å². The van der Waals surface area contributed by atoms with Gasteiger partial charge in [0.25, 0.3) is 0 Å². The van der Waals surface area contributed by atoms with E-state index in [0.717, 1.165) is 24.8 Å². The Morgan fingerprint density at radius 1 is 1.12 bits per heavy atom. The van der Waals surface area contributed by atoms with E-state index in [1.54, 1.807) is 7.11 Å². The maximum Gasteiger partial charge on any atom is 0.191 e. The zero-order valence-electron chi connectivity index (χ0n) is 14.3. The summed E-state index contributed by atoms with van der Waals surface area (Å²) in [6, 6.07) is 18.8. The summed E-state index contributed by atoms with van der Waals surface area (Å²) in [4.78, 5) is 4.31. The standard InChI is InChI=1S/C20H25N3O/c1-21-20(22-13-15-7-6-10-18(11-15)24-2)23-14-17-12-19(17)16-8-4-3-5-9-16/h3-11,17,19H,12-14H2,1-2H3,(H2,21,22,23). The Hall–Kier alpha value is -2.49. The number of hydrogen-bond acceptors (Lipinski definition) is 2. The number of nitrogens with zero attached hydrogens (tertiary/aromatic N) is 1. The van der Waals surface area contributed by atoms with Crippen molar-refractivity contribution < 1.29 is 4.74 Å². The third kappa shape index (κ3) is 4.28. The largest absolute Gasteiger partial charge is 0.497 e. The highest BCUT2D eigenvalue weighted by atomic mass is 16.5. The van der Waals surface area contributed by atoms with E-state index in [1.165, 1.54) is 17.5 Å². The Bertz CT molecular complexity index is 684. The predicted octanol–water partition coefficient (Wildman–Crippen LogP) is 3.16. The quantitative estimate of drug-likeness (QED) is 0.634. The molecule has 0 bridgehead atoms. The summed E-state index contributed by atoms with van der Waals surface area (Å²) in [6.45, 7) is 1.68. The number of ether oxygens (including phenoxy) is 1. The van der Waals surface area contributed by atoms with Crippen LogP contribution in [0.25, 0.3) is 0 Å². The van der Waals surface area contributed by atoms with Crippen LogP contribution in [0.1, 0.15) is 23.5 Å². The molecule has 0 radical (unpaired) electrons. The van der Waals surface area contributed by atoms with Crippen LogP contribution in [0.5, 0.6) is 5.75 Å². The van der Waals surface area contributed by atoms with E-state index in [9.17, 15) is 0 Å². The van der Waals surface area contributed by atoms with Crippen LogP contribution in [0.3, 0.4) is 0 Å². The second-order valence-electron chi connectivity index (χ2n) is 6.17. The fraction of sp³-hybridized carbons (Fsp3) is 0.350. The number of aliphatic imine (C=N–C) groups is 1. The zero-order chi connectivity index (χ0) is 16.8. The lowest BCUT2D eigenvalue weighted by Gasteiger charge is -2.12. The van der Waals surface area contributed by atoms with Crippen molar-refractivity contribution in [1.29, 1.82) is 0 Å². The van der Waals surface area contributed by atoms with Crippen molar-refractivity contribution in [2.45, 2.75) is 18.9 Å². The van der Waals surface area contributed by atoms with E-state index >= 15 is 0 Å². The van der Waals surface area contributed by atoms with E-state index in [0.29, 0.717) is 11.8 Å². The van der Waals surface area contributed by atoms with Crippen molar-refractivity contribution in [2.24, 2.45) is 10.9 Å². The first-order chi connectivity index (χ1) is 11.8. The molecule has 1 aliphatic carbocycles. The van der Waals surface area contributed by atoms with Crippen LogP contribution in [0, 0.1) is 5.92 Å². The normalized spacial score (nSPS) is 19.7. The third-order valence-electron chi connectivity index (χ3n) is 4.50. The summed E-state index contributed by atoms with van der Waals surface area (Å²) in [6.07, 6.45) is 1.25. The molecule has 0 heterocycles. The van der Waals surface area contributed by atoms with Crippen molar-refractivity contribution in [3.8, 4) is 5.75 Å². The fourth-order valence-electron chi connectivity index (χ4n) is 3.00. The average molecular weight is 323 g/mol. The minimum absolute atomic E-state index is 0.690. The summed E-state index contributed by atoms with van der Waals surface area (Å²) < 4.78 is 5.26. The SMILES string of the molecule is CN=C(NCc1cccc(OC)c1)NCC1CC1c1ccccc1. The van der Waals surface area contributed by atoms with Crippen LogP contribution in [-0.4, -0.2) is 26.7 Å². The number of hydrogen-bond donors (Lipinski definition) is 2. The Morgan fingerprint density at radius 3 is 2.71 bits per heavy atom. The Kier molecular flexibility index (Phi) is 5.36. The minimum atomic E-state index is 0.690. The molecule has 24 heavy (non-hydrogen) atoms. The molecular formula is C20H25N3O. The first-order valence-corrected chi connectivity index (χ1v) is 8.42. The van der Waals surface area contributed by atoms with Gasteiger partial charge in [-0.2, -0.15) is 0 Å². The molecule has 2 N–H and O–H groups in total. The van der Waals surface area contributed by atoms with Crippen LogP contribution in [0.2, 0.25) is 0 Å². The summed E-state index contributed by atoms with van der Waals surface area (Å²) in [7, 11) is 3.49. The lowest BCUT2D eigenvalue weighted by Crippen LogP contribution is -2.38. The Morgan fingerprint density at radius 2 is 1.96 bits per heavy atom. The number of benzene rings is 2. The molecule has 0 saturated heterocycles. The van der Waals surface area contributed by atoms with Gasteiger partial charge in [0.1, 0.15) is 5.75 Å². The molecule has 4 heteroatoms. The summed E-state index contributed by atoms with van der Waals surface area (Å²) in [5.74, 6) is 3.11. The van der Waals surface area contributed by atoms with E-state index in [-0.39, 0.29) is 0 Å². The number of methoxy groups -OCH3 is 1. The molecule has 1 saturated carbocycles. The van der Waals surface area contributed by atoms with Crippen molar-refractivity contribution in [1.82, 2.24) is 10.6 Å². The van der Waals surface area contributed by atoms with E-state index < -0.39 is 0 Å². The van der Waals surface area contributed by atoms with Gasteiger partial charge >= 0.3 is 0 Å². The molecule has 2 unspecified atom stereocenters. The lowest BCUT2D eigenvalue weighted by molar-refractivity contribution is 0.414. The summed E-state index contributed by atoms with van der Waals surface area (Å²) in [5, 5.41) is 6.80. The maximum absolute atomic E-state index is 5.26. The van der Waals surface area contributed by atoms with E-state index in [2.05, 4.69) is 52.0 Å². The molecule has 0 aromatic heterocycles. The molecule has 126 valence electrons. The molecule has 1 fully saturated rings. The Balaban J connectivity index is 1.44. The second kappa shape index (κ2) is 7.86.